The first-order chi connectivity index (χ1) is 21.0. The smallest absolute Gasteiger partial charge is 0.326 e. The highest BCUT2D eigenvalue weighted by molar-refractivity contribution is 7.99. The molecule has 2 aliphatic rings. The number of nitrogens with one attached hydrogen (secondary N) is 1. The Hall–Kier alpha value is -3.70. The predicted molar refractivity (Wildman–Crippen MR) is 167 cm³/mol. The van der Waals surface area contributed by atoms with E-state index in [-0.39, 0.29) is 42.7 Å². The zero-order chi connectivity index (χ0) is 31.9. The molecule has 3 atom stereocenters. The number of esters is 2. The van der Waals surface area contributed by atoms with Gasteiger partial charge >= 0.3 is 11.9 Å². The summed E-state index contributed by atoms with van der Waals surface area (Å²) >= 11 is 1.59. The van der Waals surface area contributed by atoms with Crippen molar-refractivity contribution in [1.82, 2.24) is 15.1 Å². The van der Waals surface area contributed by atoms with Crippen LogP contribution in [0, 0.1) is 0 Å². The molecule has 3 amide bonds. The summed E-state index contributed by atoms with van der Waals surface area (Å²) in [7, 11) is 0. The molecular weight excluding hydrogens is 582 g/mol. The topological polar surface area (TPSA) is 122 Å². The van der Waals surface area contributed by atoms with Gasteiger partial charge in [0.05, 0.1) is 23.8 Å². The number of thioether (sulfide) groups is 1. The van der Waals surface area contributed by atoms with Gasteiger partial charge in [0.1, 0.15) is 18.2 Å². The molecule has 1 N–H and O–H groups in total. The van der Waals surface area contributed by atoms with Crippen molar-refractivity contribution in [3.05, 3.63) is 71.3 Å². The summed E-state index contributed by atoms with van der Waals surface area (Å²) in [6.45, 7) is 7.57. The third-order valence-corrected chi connectivity index (χ3v) is 8.70. The Kier molecular flexibility index (Phi) is 11.2. The average Bonchev–Trinajstić information content (AvgIpc) is 3.12. The number of hydrogen-bond acceptors (Lipinski definition) is 9. The molecule has 0 aliphatic carbocycles. The zero-order valence-corrected chi connectivity index (χ0v) is 26.6. The highest BCUT2D eigenvalue weighted by Crippen LogP contribution is 2.33. The SMILES string of the molecule is CCOC(=O)[C@H](CCCCN1C(=O)c2ccccc2C1=O)N[C@H]1CS[C@H](c2ccccc2)CN(CC(=O)OC(C)(C)C)C1=O. The lowest BCUT2D eigenvalue weighted by Gasteiger charge is -2.28. The van der Waals surface area contributed by atoms with E-state index in [1.165, 1.54) is 9.80 Å². The molecule has 10 nitrogen and oxygen atoms in total. The minimum absolute atomic E-state index is 0.0740. The van der Waals surface area contributed by atoms with Crippen LogP contribution in [0.25, 0.3) is 0 Å². The molecule has 2 aliphatic heterocycles. The number of rotatable bonds is 12. The first kappa shape index (κ1) is 33.2. The second-order valence-electron chi connectivity index (χ2n) is 11.9. The number of benzene rings is 2. The minimum atomic E-state index is -0.789. The van der Waals surface area contributed by atoms with Crippen LogP contribution < -0.4 is 5.32 Å². The standard InChI is InChI=1S/C33H41N3O7S/c1-5-42-32(41)25(17-11-12-18-36-29(38)23-15-9-10-16-24(23)30(36)39)34-26-21-44-27(22-13-7-6-8-14-22)19-35(31(26)40)20-28(37)43-33(2,3)4/h6-10,13-16,25-27,34H,5,11-12,17-21H2,1-4H3/t25-,26-,27-/m0/s1. The molecule has 2 aromatic rings. The Morgan fingerprint density at radius 3 is 2.23 bits per heavy atom. The molecule has 2 heterocycles. The Labute approximate surface area is 262 Å². The van der Waals surface area contributed by atoms with Crippen molar-refractivity contribution >= 4 is 41.4 Å². The maximum absolute atomic E-state index is 13.8. The molecule has 44 heavy (non-hydrogen) atoms. The van der Waals surface area contributed by atoms with Gasteiger partial charge in [0.25, 0.3) is 11.8 Å². The van der Waals surface area contributed by atoms with E-state index in [9.17, 15) is 24.0 Å². The maximum atomic E-state index is 13.8. The number of unbranched alkanes of at least 4 members (excludes halogenated alkanes) is 1. The van der Waals surface area contributed by atoms with Gasteiger partial charge in [-0.2, -0.15) is 0 Å². The molecule has 11 heteroatoms. The van der Waals surface area contributed by atoms with Crippen molar-refractivity contribution < 1.29 is 33.4 Å². The van der Waals surface area contributed by atoms with Gasteiger partial charge in [-0.05, 0) is 64.7 Å². The number of hydrogen-bond donors (Lipinski definition) is 1. The predicted octanol–water partition coefficient (Wildman–Crippen LogP) is 4.00. The van der Waals surface area contributed by atoms with Crippen molar-refractivity contribution in [2.24, 2.45) is 0 Å². The largest absolute Gasteiger partial charge is 0.465 e. The fraction of sp³-hybridized carbons (Fsp3) is 0.485. The minimum Gasteiger partial charge on any atom is -0.465 e. The Bertz CT molecular complexity index is 1330. The van der Waals surface area contributed by atoms with Gasteiger partial charge in [-0.3, -0.25) is 34.2 Å². The fourth-order valence-electron chi connectivity index (χ4n) is 5.32. The van der Waals surface area contributed by atoms with E-state index in [4.69, 9.17) is 9.47 Å². The van der Waals surface area contributed by atoms with Crippen LogP contribution in [0.3, 0.4) is 0 Å². The van der Waals surface area contributed by atoms with Crippen LogP contribution in [0.5, 0.6) is 0 Å². The average molecular weight is 624 g/mol. The summed E-state index contributed by atoms with van der Waals surface area (Å²) in [5.74, 6) is -1.52. The van der Waals surface area contributed by atoms with Crippen molar-refractivity contribution in [1.29, 1.82) is 0 Å². The van der Waals surface area contributed by atoms with E-state index in [2.05, 4.69) is 5.32 Å². The van der Waals surface area contributed by atoms with Gasteiger partial charge in [-0.25, -0.2) is 0 Å². The Balaban J connectivity index is 1.43. The summed E-state index contributed by atoms with van der Waals surface area (Å²) in [4.78, 5) is 67.8. The zero-order valence-electron chi connectivity index (χ0n) is 25.7. The number of nitrogens with zero attached hydrogens (tertiary/aromatic N) is 2. The van der Waals surface area contributed by atoms with Crippen molar-refractivity contribution in [2.45, 2.75) is 69.9 Å². The van der Waals surface area contributed by atoms with Crippen LogP contribution in [0.1, 0.15) is 78.5 Å². The van der Waals surface area contributed by atoms with E-state index in [0.29, 0.717) is 42.7 Å². The van der Waals surface area contributed by atoms with Crippen molar-refractivity contribution in [3.63, 3.8) is 0 Å². The number of carbonyl (C=O) groups excluding carboxylic acids is 5. The Morgan fingerprint density at radius 2 is 1.61 bits per heavy atom. The second-order valence-corrected chi connectivity index (χ2v) is 13.1. The van der Waals surface area contributed by atoms with Crippen LogP contribution in [-0.2, 0) is 23.9 Å². The van der Waals surface area contributed by atoms with Crippen LogP contribution in [-0.4, -0.2) is 89.1 Å². The Morgan fingerprint density at radius 1 is 0.977 bits per heavy atom. The van der Waals surface area contributed by atoms with Gasteiger partial charge in [0.15, 0.2) is 0 Å². The van der Waals surface area contributed by atoms with Gasteiger partial charge in [-0.1, -0.05) is 42.5 Å². The van der Waals surface area contributed by atoms with E-state index in [1.807, 2.05) is 30.3 Å². The molecule has 0 aromatic heterocycles. The molecule has 2 aromatic carbocycles. The summed E-state index contributed by atoms with van der Waals surface area (Å²) in [5, 5.41) is 3.15. The maximum Gasteiger partial charge on any atom is 0.326 e. The molecule has 0 radical (unpaired) electrons. The highest BCUT2D eigenvalue weighted by atomic mass is 32.2. The van der Waals surface area contributed by atoms with Crippen LogP contribution in [0.2, 0.25) is 0 Å². The quantitative estimate of drug-likeness (QED) is 0.212. The molecule has 1 saturated heterocycles. The number of fused-ring (bicyclic) bond motifs is 1. The molecular formula is C33H41N3O7S. The van der Waals surface area contributed by atoms with Crippen LogP contribution >= 0.6 is 11.8 Å². The first-order valence-corrected chi connectivity index (χ1v) is 16.1. The number of amides is 3. The summed E-state index contributed by atoms with van der Waals surface area (Å²) in [6, 6.07) is 15.0. The summed E-state index contributed by atoms with van der Waals surface area (Å²) in [5.41, 5.74) is 1.14. The lowest BCUT2D eigenvalue weighted by molar-refractivity contribution is -0.159. The number of ether oxygens (including phenoxy) is 2. The van der Waals surface area contributed by atoms with Gasteiger partial charge in [-0.15, -0.1) is 11.8 Å². The lowest BCUT2D eigenvalue weighted by Crippen LogP contribution is -2.54. The third kappa shape index (κ3) is 8.47. The van der Waals surface area contributed by atoms with Gasteiger partial charge in [0.2, 0.25) is 5.91 Å². The van der Waals surface area contributed by atoms with E-state index in [0.717, 1.165) is 5.56 Å². The lowest BCUT2D eigenvalue weighted by atomic mass is 10.1. The molecule has 0 saturated carbocycles. The summed E-state index contributed by atoms with van der Waals surface area (Å²) < 4.78 is 10.8. The fourth-order valence-corrected chi connectivity index (χ4v) is 6.62. The molecule has 4 rings (SSSR count). The van der Waals surface area contributed by atoms with Crippen LogP contribution in [0.15, 0.2) is 54.6 Å². The number of carbonyl (C=O) groups is 5. The van der Waals surface area contributed by atoms with Gasteiger partial charge in [0, 0.05) is 24.1 Å². The summed E-state index contributed by atoms with van der Waals surface area (Å²) in [6.07, 6.45) is 1.33. The molecule has 0 spiro atoms. The molecule has 0 unspecified atom stereocenters. The third-order valence-electron chi connectivity index (χ3n) is 7.35. The second kappa shape index (κ2) is 14.9. The van der Waals surface area contributed by atoms with E-state index in [1.54, 1.807) is 63.7 Å². The molecule has 0 bridgehead atoms. The monoisotopic (exact) mass is 623 g/mol. The van der Waals surface area contributed by atoms with Crippen molar-refractivity contribution in [3.8, 4) is 0 Å². The van der Waals surface area contributed by atoms with E-state index < -0.39 is 29.6 Å². The number of imide groups is 1. The van der Waals surface area contributed by atoms with Gasteiger partial charge < -0.3 is 14.4 Å². The van der Waals surface area contributed by atoms with E-state index >= 15 is 0 Å². The van der Waals surface area contributed by atoms with Crippen molar-refractivity contribution in [2.75, 3.05) is 32.0 Å². The first-order valence-electron chi connectivity index (χ1n) is 15.0. The molecule has 236 valence electrons. The highest BCUT2D eigenvalue weighted by Gasteiger charge is 2.37. The normalized spacial score (nSPS) is 19.4. The molecule has 1 fully saturated rings. The van der Waals surface area contributed by atoms with Crippen LogP contribution in [0.4, 0.5) is 0 Å².